The third-order valence-corrected chi connectivity index (χ3v) is 6.21. The molecule has 1 aromatic heterocycles. The van der Waals surface area contributed by atoms with Gasteiger partial charge in [0.25, 0.3) is 0 Å². The van der Waals surface area contributed by atoms with Crippen LogP contribution in [0.1, 0.15) is 17.4 Å². The normalized spacial score (nSPS) is 18.6. The van der Waals surface area contributed by atoms with Gasteiger partial charge in [-0.1, -0.05) is 17.7 Å². The minimum Gasteiger partial charge on any atom is -0.467 e. The van der Waals surface area contributed by atoms with Crippen molar-refractivity contribution in [3.05, 3.63) is 54.0 Å². The van der Waals surface area contributed by atoms with Gasteiger partial charge in [0.2, 0.25) is 10.0 Å². The Hall–Kier alpha value is -1.67. The van der Waals surface area contributed by atoms with Crippen LogP contribution in [0.2, 0.25) is 0 Å². The number of sulfonamides is 1. The van der Waals surface area contributed by atoms with Gasteiger partial charge < -0.3 is 9.52 Å². The molecular weight excluding hydrogens is 328 g/mol. The number of piperazine rings is 1. The van der Waals surface area contributed by atoms with Crippen LogP contribution in [-0.2, 0) is 10.0 Å². The molecule has 1 aliphatic heterocycles. The summed E-state index contributed by atoms with van der Waals surface area (Å²) in [7, 11) is -3.45. The van der Waals surface area contributed by atoms with E-state index in [1.807, 2.05) is 24.0 Å². The Morgan fingerprint density at radius 1 is 1.12 bits per heavy atom. The van der Waals surface area contributed by atoms with Gasteiger partial charge in [-0.3, -0.25) is 4.90 Å². The Balaban J connectivity index is 1.59. The van der Waals surface area contributed by atoms with Gasteiger partial charge in [-0.15, -0.1) is 0 Å². The van der Waals surface area contributed by atoms with E-state index in [1.165, 1.54) is 10.6 Å². The molecule has 0 saturated carbocycles. The van der Waals surface area contributed by atoms with Crippen molar-refractivity contribution in [3.63, 3.8) is 0 Å². The minimum atomic E-state index is -3.45. The number of nitrogens with zero attached hydrogens (tertiary/aromatic N) is 2. The van der Waals surface area contributed by atoms with Crippen LogP contribution in [0.25, 0.3) is 0 Å². The highest BCUT2D eigenvalue weighted by Crippen LogP contribution is 2.20. The molecule has 0 amide bonds. The summed E-state index contributed by atoms with van der Waals surface area (Å²) in [5.41, 5.74) is 1.03. The molecule has 3 rings (SSSR count). The van der Waals surface area contributed by atoms with E-state index in [4.69, 9.17) is 4.42 Å². The third-order valence-electron chi connectivity index (χ3n) is 4.29. The lowest BCUT2D eigenvalue weighted by Gasteiger charge is -2.34. The maximum absolute atomic E-state index is 12.7. The number of aliphatic hydroxyl groups is 1. The smallest absolute Gasteiger partial charge is 0.243 e. The highest BCUT2D eigenvalue weighted by Gasteiger charge is 2.29. The molecule has 0 spiro atoms. The zero-order chi connectivity index (χ0) is 17.2. The number of hydrogen-bond acceptors (Lipinski definition) is 5. The molecule has 0 radical (unpaired) electrons. The summed E-state index contributed by atoms with van der Waals surface area (Å²) in [5, 5.41) is 10.1. The summed E-state index contributed by atoms with van der Waals surface area (Å²) in [6, 6.07) is 10.4. The van der Waals surface area contributed by atoms with E-state index in [2.05, 4.69) is 0 Å². The van der Waals surface area contributed by atoms with Crippen molar-refractivity contribution in [2.75, 3.05) is 32.7 Å². The van der Waals surface area contributed by atoms with E-state index in [9.17, 15) is 13.5 Å². The molecule has 7 heteroatoms. The fraction of sp³-hybridized carbons (Fsp3) is 0.412. The van der Waals surface area contributed by atoms with E-state index < -0.39 is 16.1 Å². The van der Waals surface area contributed by atoms with Gasteiger partial charge in [-0.25, -0.2) is 8.42 Å². The predicted molar refractivity (Wildman–Crippen MR) is 90.0 cm³/mol. The zero-order valence-electron chi connectivity index (χ0n) is 13.6. The first-order chi connectivity index (χ1) is 11.5. The lowest BCUT2D eigenvalue weighted by molar-refractivity contribution is 0.0776. The van der Waals surface area contributed by atoms with Crippen molar-refractivity contribution in [3.8, 4) is 0 Å². The molecule has 1 atom stereocenters. The Morgan fingerprint density at radius 3 is 2.38 bits per heavy atom. The van der Waals surface area contributed by atoms with Gasteiger partial charge in [-0.2, -0.15) is 4.31 Å². The molecule has 2 aromatic rings. The predicted octanol–water partition coefficient (Wildman–Crippen LogP) is 1.63. The van der Waals surface area contributed by atoms with Crippen LogP contribution in [-0.4, -0.2) is 55.5 Å². The summed E-state index contributed by atoms with van der Waals surface area (Å²) < 4.78 is 32.0. The number of benzene rings is 1. The first-order valence-electron chi connectivity index (χ1n) is 7.97. The van der Waals surface area contributed by atoms with Gasteiger partial charge in [0.05, 0.1) is 11.2 Å². The molecule has 1 fully saturated rings. The standard InChI is InChI=1S/C17H22N2O4S/c1-14-4-6-15(7-5-14)24(21,22)19-10-8-18(9-11-19)13-16(20)17-3-2-12-23-17/h2-7,12,16,20H,8-11,13H2,1H3/t16-/m1/s1. The molecule has 130 valence electrons. The summed E-state index contributed by atoms with van der Waals surface area (Å²) in [4.78, 5) is 2.38. The summed E-state index contributed by atoms with van der Waals surface area (Å²) >= 11 is 0. The number of β-amino-alcohol motifs (C(OH)–C–C–N with tert-alkyl or cyclic N) is 1. The second kappa shape index (κ2) is 7.06. The number of furan rings is 1. The van der Waals surface area contributed by atoms with E-state index in [1.54, 1.807) is 24.3 Å². The fourth-order valence-electron chi connectivity index (χ4n) is 2.83. The average Bonchev–Trinajstić information content (AvgIpc) is 3.10. The van der Waals surface area contributed by atoms with Crippen molar-refractivity contribution in [1.82, 2.24) is 9.21 Å². The van der Waals surface area contributed by atoms with Crippen molar-refractivity contribution >= 4 is 10.0 Å². The number of rotatable bonds is 5. The Labute approximate surface area is 142 Å². The van der Waals surface area contributed by atoms with Crippen LogP contribution < -0.4 is 0 Å². The van der Waals surface area contributed by atoms with Gasteiger partial charge >= 0.3 is 0 Å². The molecule has 2 heterocycles. The zero-order valence-corrected chi connectivity index (χ0v) is 14.4. The lowest BCUT2D eigenvalue weighted by atomic mass is 10.2. The molecule has 0 unspecified atom stereocenters. The van der Waals surface area contributed by atoms with Gasteiger partial charge in [0.15, 0.2) is 0 Å². The Morgan fingerprint density at radius 2 is 1.79 bits per heavy atom. The topological polar surface area (TPSA) is 74.0 Å². The SMILES string of the molecule is Cc1ccc(S(=O)(=O)N2CCN(C[C@@H](O)c3ccco3)CC2)cc1. The second-order valence-electron chi connectivity index (χ2n) is 6.05. The van der Waals surface area contributed by atoms with Crippen molar-refractivity contribution in [2.24, 2.45) is 0 Å². The van der Waals surface area contributed by atoms with Crippen LogP contribution in [0, 0.1) is 6.92 Å². The molecule has 1 N–H and O–H groups in total. The maximum atomic E-state index is 12.7. The highest BCUT2D eigenvalue weighted by molar-refractivity contribution is 7.89. The van der Waals surface area contributed by atoms with Crippen LogP contribution >= 0.6 is 0 Å². The first kappa shape index (κ1) is 17.2. The molecule has 1 saturated heterocycles. The summed E-state index contributed by atoms with van der Waals surface area (Å²) in [5.74, 6) is 0.532. The van der Waals surface area contributed by atoms with Crippen molar-refractivity contribution in [1.29, 1.82) is 0 Å². The molecular formula is C17H22N2O4S. The largest absolute Gasteiger partial charge is 0.467 e. The molecule has 24 heavy (non-hydrogen) atoms. The highest BCUT2D eigenvalue weighted by atomic mass is 32.2. The Kier molecular flexibility index (Phi) is 5.05. The van der Waals surface area contributed by atoms with Gasteiger partial charge in [-0.05, 0) is 31.2 Å². The van der Waals surface area contributed by atoms with Gasteiger partial charge in [0, 0.05) is 32.7 Å². The molecule has 0 bridgehead atoms. The van der Waals surface area contributed by atoms with Crippen LogP contribution in [0.3, 0.4) is 0 Å². The summed E-state index contributed by atoms with van der Waals surface area (Å²) in [6.45, 7) is 4.37. The van der Waals surface area contributed by atoms with Gasteiger partial charge in [0.1, 0.15) is 11.9 Å². The third kappa shape index (κ3) is 3.70. The fourth-order valence-corrected chi connectivity index (χ4v) is 4.25. The maximum Gasteiger partial charge on any atom is 0.243 e. The van der Waals surface area contributed by atoms with Crippen molar-refractivity contribution in [2.45, 2.75) is 17.9 Å². The monoisotopic (exact) mass is 350 g/mol. The quantitative estimate of drug-likeness (QED) is 0.887. The number of hydrogen-bond donors (Lipinski definition) is 1. The van der Waals surface area contributed by atoms with E-state index in [0.29, 0.717) is 43.4 Å². The van der Waals surface area contributed by atoms with Crippen LogP contribution in [0.4, 0.5) is 0 Å². The second-order valence-corrected chi connectivity index (χ2v) is 7.99. The van der Waals surface area contributed by atoms with E-state index in [-0.39, 0.29) is 0 Å². The molecule has 6 nitrogen and oxygen atoms in total. The Bertz CT molecular complexity index is 748. The first-order valence-corrected chi connectivity index (χ1v) is 9.41. The van der Waals surface area contributed by atoms with Crippen LogP contribution in [0.5, 0.6) is 0 Å². The molecule has 1 aliphatic rings. The number of aryl methyl sites for hydroxylation is 1. The summed E-state index contributed by atoms with van der Waals surface area (Å²) in [6.07, 6.45) is 0.838. The van der Waals surface area contributed by atoms with E-state index >= 15 is 0 Å². The lowest BCUT2D eigenvalue weighted by Crippen LogP contribution is -2.49. The molecule has 0 aliphatic carbocycles. The minimum absolute atomic E-state index is 0.331. The number of aliphatic hydroxyl groups excluding tert-OH is 1. The van der Waals surface area contributed by atoms with Crippen molar-refractivity contribution < 1.29 is 17.9 Å². The van der Waals surface area contributed by atoms with Crippen LogP contribution in [0.15, 0.2) is 52.0 Å². The average molecular weight is 350 g/mol. The molecule has 1 aromatic carbocycles. The van der Waals surface area contributed by atoms with E-state index in [0.717, 1.165) is 5.56 Å².